The van der Waals surface area contributed by atoms with Crippen LogP contribution in [-0.4, -0.2) is 37.1 Å². The highest BCUT2D eigenvalue weighted by Crippen LogP contribution is 2.33. The molecule has 0 aliphatic carbocycles. The molecule has 3 aromatic rings. The standard InChI is InChI=1S/C21H24ClN3OS/c1-4-24(5-2)13-14-25(20(26)16-11-9-15(3)10-12-16)21-23-19-17(22)7-6-8-18(19)27-21/h6-12H,4-5,13-14H2,1-3H3/p+1. The number of quaternary nitrogens is 1. The number of carbonyl (C=O) groups excluding carboxylic acids is 1. The molecule has 2 aromatic carbocycles. The molecule has 0 unspecified atom stereocenters. The number of benzene rings is 2. The topological polar surface area (TPSA) is 37.6 Å². The largest absolute Gasteiger partial charge is 0.334 e. The third kappa shape index (κ3) is 4.49. The van der Waals surface area contributed by atoms with Gasteiger partial charge in [0, 0.05) is 5.56 Å². The van der Waals surface area contributed by atoms with Crippen molar-refractivity contribution < 1.29 is 9.69 Å². The van der Waals surface area contributed by atoms with Crippen molar-refractivity contribution in [3.05, 3.63) is 58.6 Å². The minimum Gasteiger partial charge on any atom is -0.334 e. The number of likely N-dealkylation sites (N-methyl/N-ethyl adjacent to an activating group) is 1. The van der Waals surface area contributed by atoms with E-state index in [0.717, 1.165) is 35.4 Å². The first-order chi connectivity index (χ1) is 13.0. The number of nitrogens with one attached hydrogen (secondary N) is 1. The summed E-state index contributed by atoms with van der Waals surface area (Å²) in [5.41, 5.74) is 2.58. The van der Waals surface area contributed by atoms with Crippen LogP contribution in [0.15, 0.2) is 42.5 Å². The van der Waals surface area contributed by atoms with E-state index in [-0.39, 0.29) is 5.91 Å². The summed E-state index contributed by atoms with van der Waals surface area (Å²) >= 11 is 7.81. The van der Waals surface area contributed by atoms with Crippen molar-refractivity contribution in [1.29, 1.82) is 0 Å². The predicted molar refractivity (Wildman–Crippen MR) is 114 cm³/mol. The molecule has 0 fully saturated rings. The molecule has 0 aliphatic heterocycles. The van der Waals surface area contributed by atoms with Crippen molar-refractivity contribution in [3.8, 4) is 0 Å². The van der Waals surface area contributed by atoms with Gasteiger partial charge in [-0.2, -0.15) is 0 Å². The zero-order valence-electron chi connectivity index (χ0n) is 16.0. The van der Waals surface area contributed by atoms with E-state index >= 15 is 0 Å². The molecule has 3 rings (SSSR count). The van der Waals surface area contributed by atoms with Crippen LogP contribution in [0.3, 0.4) is 0 Å². The van der Waals surface area contributed by atoms with E-state index in [0.29, 0.717) is 22.3 Å². The summed E-state index contributed by atoms with van der Waals surface area (Å²) in [5, 5.41) is 1.32. The molecule has 1 N–H and O–H groups in total. The molecule has 0 spiro atoms. The number of hydrogen-bond donors (Lipinski definition) is 1. The summed E-state index contributed by atoms with van der Waals surface area (Å²) in [6.45, 7) is 9.94. The van der Waals surface area contributed by atoms with Gasteiger partial charge in [0.2, 0.25) is 0 Å². The lowest BCUT2D eigenvalue weighted by Crippen LogP contribution is -3.12. The first-order valence-electron chi connectivity index (χ1n) is 9.30. The van der Waals surface area contributed by atoms with Gasteiger partial charge in [0.1, 0.15) is 5.52 Å². The van der Waals surface area contributed by atoms with Crippen LogP contribution >= 0.6 is 22.9 Å². The second kappa shape index (κ2) is 8.83. The molecule has 4 nitrogen and oxygen atoms in total. The Morgan fingerprint density at radius 3 is 2.48 bits per heavy atom. The molecule has 1 aromatic heterocycles. The molecule has 1 heterocycles. The van der Waals surface area contributed by atoms with Crippen LogP contribution in [0.1, 0.15) is 29.8 Å². The highest BCUT2D eigenvalue weighted by molar-refractivity contribution is 7.22. The second-order valence-corrected chi connectivity index (χ2v) is 8.03. The van der Waals surface area contributed by atoms with Crippen molar-refractivity contribution in [2.75, 3.05) is 31.1 Å². The van der Waals surface area contributed by atoms with E-state index in [1.165, 1.54) is 16.2 Å². The van der Waals surface area contributed by atoms with Gasteiger partial charge in [-0.25, -0.2) is 4.98 Å². The second-order valence-electron chi connectivity index (χ2n) is 6.61. The summed E-state index contributed by atoms with van der Waals surface area (Å²) in [4.78, 5) is 21.2. The van der Waals surface area contributed by atoms with E-state index in [1.54, 1.807) is 4.90 Å². The lowest BCUT2D eigenvalue weighted by atomic mass is 10.1. The smallest absolute Gasteiger partial charge is 0.260 e. The number of amides is 1. The molecular formula is C21H25ClN3OS+. The maximum absolute atomic E-state index is 13.3. The number of nitrogens with zero attached hydrogens (tertiary/aromatic N) is 2. The average Bonchev–Trinajstić information content (AvgIpc) is 3.11. The van der Waals surface area contributed by atoms with Gasteiger partial charge in [-0.1, -0.05) is 46.7 Å². The summed E-state index contributed by atoms with van der Waals surface area (Å²) in [6.07, 6.45) is 0. The Labute approximate surface area is 169 Å². The fraction of sp³-hybridized carbons (Fsp3) is 0.333. The van der Waals surface area contributed by atoms with Gasteiger partial charge in [-0.15, -0.1) is 0 Å². The van der Waals surface area contributed by atoms with Crippen LogP contribution in [0.2, 0.25) is 5.02 Å². The van der Waals surface area contributed by atoms with Crippen molar-refractivity contribution in [2.24, 2.45) is 0 Å². The Balaban J connectivity index is 1.96. The Morgan fingerprint density at radius 1 is 1.15 bits per heavy atom. The molecule has 0 radical (unpaired) electrons. The van der Waals surface area contributed by atoms with E-state index in [9.17, 15) is 4.79 Å². The number of anilines is 1. The molecule has 0 aliphatic rings. The quantitative estimate of drug-likeness (QED) is 0.652. The van der Waals surface area contributed by atoms with Crippen LogP contribution in [0.5, 0.6) is 0 Å². The number of aromatic nitrogens is 1. The van der Waals surface area contributed by atoms with Crippen LogP contribution in [-0.2, 0) is 0 Å². The number of rotatable bonds is 7. The third-order valence-corrected chi connectivity index (χ3v) is 6.17. The molecule has 1 amide bonds. The van der Waals surface area contributed by atoms with Gasteiger partial charge in [-0.3, -0.25) is 9.69 Å². The Kier molecular flexibility index (Phi) is 6.47. The van der Waals surface area contributed by atoms with E-state index in [1.807, 2.05) is 49.4 Å². The summed E-state index contributed by atoms with van der Waals surface area (Å²) in [6, 6.07) is 13.4. The predicted octanol–water partition coefficient (Wildman–Crippen LogP) is 3.83. The van der Waals surface area contributed by atoms with Crippen LogP contribution in [0.25, 0.3) is 10.2 Å². The van der Waals surface area contributed by atoms with Gasteiger partial charge in [0.15, 0.2) is 5.13 Å². The average molecular weight is 403 g/mol. The van der Waals surface area contributed by atoms with Crippen molar-refractivity contribution >= 4 is 44.2 Å². The minimum atomic E-state index is -0.0169. The molecule has 0 saturated heterocycles. The highest BCUT2D eigenvalue weighted by atomic mass is 35.5. The lowest BCUT2D eigenvalue weighted by molar-refractivity contribution is -0.894. The Morgan fingerprint density at radius 2 is 1.85 bits per heavy atom. The SMILES string of the molecule is CC[NH+](CC)CCN(C(=O)c1ccc(C)cc1)c1nc2c(Cl)cccc2s1. The van der Waals surface area contributed by atoms with Gasteiger partial charge >= 0.3 is 0 Å². The fourth-order valence-corrected chi connectivity index (χ4v) is 4.32. The van der Waals surface area contributed by atoms with Crippen LogP contribution in [0, 0.1) is 6.92 Å². The number of thiazole rings is 1. The first kappa shape index (κ1) is 19.8. The molecule has 0 saturated carbocycles. The summed E-state index contributed by atoms with van der Waals surface area (Å²) in [5.74, 6) is -0.0169. The van der Waals surface area contributed by atoms with Gasteiger partial charge < -0.3 is 4.90 Å². The van der Waals surface area contributed by atoms with E-state index in [4.69, 9.17) is 11.6 Å². The number of aryl methyl sites for hydroxylation is 1. The Hall–Kier alpha value is -1.95. The molecular weight excluding hydrogens is 378 g/mol. The lowest BCUT2D eigenvalue weighted by Gasteiger charge is -2.23. The third-order valence-electron chi connectivity index (χ3n) is 4.82. The fourth-order valence-electron chi connectivity index (χ4n) is 3.03. The van der Waals surface area contributed by atoms with E-state index in [2.05, 4.69) is 18.8 Å². The number of halogens is 1. The Bertz CT molecular complexity index is 919. The van der Waals surface area contributed by atoms with Crippen molar-refractivity contribution in [1.82, 2.24) is 4.98 Å². The number of hydrogen-bond acceptors (Lipinski definition) is 3. The van der Waals surface area contributed by atoms with Crippen molar-refractivity contribution in [3.63, 3.8) is 0 Å². The molecule has 142 valence electrons. The minimum absolute atomic E-state index is 0.0169. The molecule has 6 heteroatoms. The van der Waals surface area contributed by atoms with Crippen molar-refractivity contribution in [2.45, 2.75) is 20.8 Å². The zero-order chi connectivity index (χ0) is 19.4. The number of fused-ring (bicyclic) bond motifs is 1. The maximum atomic E-state index is 13.3. The van der Waals surface area contributed by atoms with E-state index < -0.39 is 0 Å². The molecule has 0 atom stereocenters. The van der Waals surface area contributed by atoms with Gasteiger partial charge in [0.25, 0.3) is 5.91 Å². The normalized spacial score (nSPS) is 11.3. The highest BCUT2D eigenvalue weighted by Gasteiger charge is 2.23. The number of carbonyl (C=O) groups is 1. The number of para-hydroxylation sites is 1. The van der Waals surface area contributed by atoms with Crippen LogP contribution in [0.4, 0.5) is 5.13 Å². The summed E-state index contributed by atoms with van der Waals surface area (Å²) < 4.78 is 0.995. The monoisotopic (exact) mass is 402 g/mol. The maximum Gasteiger partial charge on any atom is 0.260 e. The summed E-state index contributed by atoms with van der Waals surface area (Å²) in [7, 11) is 0. The first-order valence-corrected chi connectivity index (χ1v) is 10.5. The van der Waals surface area contributed by atoms with Gasteiger partial charge in [0.05, 0.1) is 35.9 Å². The molecule has 0 bridgehead atoms. The van der Waals surface area contributed by atoms with Crippen LogP contribution < -0.4 is 9.80 Å². The molecule has 27 heavy (non-hydrogen) atoms. The van der Waals surface area contributed by atoms with Gasteiger partial charge in [-0.05, 0) is 45.0 Å². The zero-order valence-corrected chi connectivity index (χ0v) is 17.5.